The average Bonchev–Trinajstić information content (AvgIpc) is 2.14. The largest absolute Gasteiger partial charge is 0.494 e. The topological polar surface area (TPSA) is 81.4 Å². The number of anilines is 1. The first kappa shape index (κ1) is 11.8. The van der Waals surface area contributed by atoms with Crippen molar-refractivity contribution < 1.29 is 13.2 Å². The van der Waals surface area contributed by atoms with Crippen molar-refractivity contribution >= 4 is 15.9 Å². The molecule has 1 rings (SSSR count). The summed E-state index contributed by atoms with van der Waals surface area (Å²) in [5, 5.41) is 4.82. The van der Waals surface area contributed by atoms with Gasteiger partial charge in [-0.15, -0.1) is 0 Å². The second kappa shape index (κ2) is 4.99. The second-order valence-electron chi connectivity index (χ2n) is 3.02. The summed E-state index contributed by atoms with van der Waals surface area (Å²) in [6.07, 6.45) is 0.928. The van der Waals surface area contributed by atoms with Crippen LogP contribution in [0.15, 0.2) is 24.3 Å². The van der Waals surface area contributed by atoms with Crippen LogP contribution in [0.3, 0.4) is 0 Å². The molecule has 0 aliphatic heterocycles. The molecule has 0 saturated carbocycles. The van der Waals surface area contributed by atoms with Crippen molar-refractivity contribution in [3.8, 4) is 5.75 Å². The molecule has 3 N–H and O–H groups in total. The van der Waals surface area contributed by atoms with Gasteiger partial charge < -0.3 is 4.74 Å². The number of hydrogen-bond donors (Lipinski definition) is 2. The van der Waals surface area contributed by atoms with Crippen LogP contribution in [0.4, 0.5) is 5.69 Å². The highest BCUT2D eigenvalue weighted by Crippen LogP contribution is 2.16. The molecule has 0 heterocycles. The van der Waals surface area contributed by atoms with Crippen LogP contribution in [0.2, 0.25) is 0 Å². The molecule has 0 unspecified atom stereocenters. The zero-order chi connectivity index (χ0) is 11.3. The summed E-state index contributed by atoms with van der Waals surface area (Å²) in [4.78, 5) is 0. The third kappa shape index (κ3) is 4.66. The van der Waals surface area contributed by atoms with Gasteiger partial charge in [0.25, 0.3) is 10.2 Å². The summed E-state index contributed by atoms with van der Waals surface area (Å²) >= 11 is 0. The van der Waals surface area contributed by atoms with Crippen LogP contribution in [0.5, 0.6) is 5.75 Å². The maximum atomic E-state index is 10.7. The Morgan fingerprint density at radius 3 is 2.40 bits per heavy atom. The summed E-state index contributed by atoms with van der Waals surface area (Å²) in [5.74, 6) is 0.705. The number of hydrogen-bond acceptors (Lipinski definition) is 3. The quantitative estimate of drug-likeness (QED) is 0.794. The minimum absolute atomic E-state index is 0.418. The van der Waals surface area contributed by atoms with Crippen molar-refractivity contribution in [3.63, 3.8) is 0 Å². The summed E-state index contributed by atoms with van der Waals surface area (Å²) in [6, 6.07) is 6.55. The predicted molar refractivity (Wildman–Crippen MR) is 59.0 cm³/mol. The van der Waals surface area contributed by atoms with E-state index >= 15 is 0 Å². The highest BCUT2D eigenvalue weighted by Gasteiger charge is 2.01. The Hall–Kier alpha value is -1.27. The van der Waals surface area contributed by atoms with E-state index in [1.807, 2.05) is 6.92 Å². The lowest BCUT2D eigenvalue weighted by atomic mass is 10.3. The highest BCUT2D eigenvalue weighted by atomic mass is 32.2. The molecule has 84 valence electrons. The standard InChI is InChI=1S/C9H14N2O3S/c1-2-7-14-9-5-3-8(4-6-9)11-15(10,12)13/h3-6,11H,2,7H2,1H3,(H2,10,12,13). The minimum Gasteiger partial charge on any atom is -0.494 e. The van der Waals surface area contributed by atoms with Gasteiger partial charge in [-0.25, -0.2) is 5.14 Å². The predicted octanol–water partition coefficient (Wildman–Crippen LogP) is 1.09. The molecule has 0 bridgehead atoms. The van der Waals surface area contributed by atoms with Crippen LogP contribution >= 0.6 is 0 Å². The summed E-state index contributed by atoms with van der Waals surface area (Å²) < 4.78 is 28.9. The van der Waals surface area contributed by atoms with Crippen molar-refractivity contribution in [1.82, 2.24) is 0 Å². The first-order valence-corrected chi connectivity index (χ1v) is 6.09. The number of nitrogens with one attached hydrogen (secondary N) is 1. The van der Waals surface area contributed by atoms with Gasteiger partial charge in [-0.2, -0.15) is 8.42 Å². The normalized spacial score (nSPS) is 11.1. The molecule has 0 atom stereocenters. The second-order valence-corrected chi connectivity index (χ2v) is 4.31. The van der Waals surface area contributed by atoms with Gasteiger partial charge in [-0.05, 0) is 30.7 Å². The Balaban J connectivity index is 2.64. The smallest absolute Gasteiger partial charge is 0.296 e. The average molecular weight is 230 g/mol. The van der Waals surface area contributed by atoms with E-state index in [1.54, 1.807) is 24.3 Å². The number of rotatable bonds is 5. The Morgan fingerprint density at radius 1 is 1.33 bits per heavy atom. The van der Waals surface area contributed by atoms with Gasteiger partial charge in [0.1, 0.15) is 5.75 Å². The molecule has 0 radical (unpaired) electrons. The van der Waals surface area contributed by atoms with Gasteiger partial charge in [0.05, 0.1) is 6.61 Å². The van der Waals surface area contributed by atoms with Crippen LogP contribution in [0.25, 0.3) is 0 Å². The van der Waals surface area contributed by atoms with Gasteiger partial charge in [-0.3, -0.25) is 4.72 Å². The van der Waals surface area contributed by atoms with Crippen LogP contribution in [0, 0.1) is 0 Å². The monoisotopic (exact) mass is 230 g/mol. The molecule has 15 heavy (non-hydrogen) atoms. The molecule has 1 aromatic rings. The van der Waals surface area contributed by atoms with E-state index in [1.165, 1.54) is 0 Å². The van der Waals surface area contributed by atoms with Crippen molar-refractivity contribution in [1.29, 1.82) is 0 Å². The van der Waals surface area contributed by atoms with E-state index in [4.69, 9.17) is 9.88 Å². The van der Waals surface area contributed by atoms with Crippen LogP contribution in [-0.2, 0) is 10.2 Å². The molecule has 0 aliphatic carbocycles. The van der Waals surface area contributed by atoms with Crippen molar-refractivity contribution in [2.75, 3.05) is 11.3 Å². The molecule has 0 spiro atoms. The molecule has 0 fully saturated rings. The first-order chi connectivity index (χ1) is 7.01. The minimum atomic E-state index is -3.70. The zero-order valence-corrected chi connectivity index (χ0v) is 9.25. The van der Waals surface area contributed by atoms with Gasteiger partial charge >= 0.3 is 0 Å². The molecule has 0 amide bonds. The lowest BCUT2D eigenvalue weighted by Gasteiger charge is -2.06. The summed E-state index contributed by atoms with van der Waals surface area (Å²) in [7, 11) is -3.70. The summed E-state index contributed by atoms with van der Waals surface area (Å²) in [6.45, 7) is 2.65. The van der Waals surface area contributed by atoms with E-state index < -0.39 is 10.2 Å². The highest BCUT2D eigenvalue weighted by molar-refractivity contribution is 7.90. The molecule has 0 aromatic heterocycles. The fourth-order valence-corrected chi connectivity index (χ4v) is 1.47. The van der Waals surface area contributed by atoms with Gasteiger partial charge in [0.2, 0.25) is 0 Å². The maximum absolute atomic E-state index is 10.7. The molecular formula is C9H14N2O3S. The number of ether oxygens (including phenoxy) is 1. The van der Waals surface area contributed by atoms with Crippen LogP contribution < -0.4 is 14.6 Å². The summed E-state index contributed by atoms with van der Waals surface area (Å²) in [5.41, 5.74) is 0.418. The van der Waals surface area contributed by atoms with Crippen molar-refractivity contribution in [2.45, 2.75) is 13.3 Å². The van der Waals surface area contributed by atoms with Gasteiger partial charge in [0.15, 0.2) is 0 Å². The Bertz CT molecular complexity index is 400. The van der Waals surface area contributed by atoms with Crippen molar-refractivity contribution in [3.05, 3.63) is 24.3 Å². The SMILES string of the molecule is CCCOc1ccc(NS(N)(=O)=O)cc1. The molecule has 6 heteroatoms. The van der Waals surface area contributed by atoms with Gasteiger partial charge in [0, 0.05) is 5.69 Å². The lowest BCUT2D eigenvalue weighted by Crippen LogP contribution is -2.21. The fourth-order valence-electron chi connectivity index (χ4n) is 1.00. The molecular weight excluding hydrogens is 216 g/mol. The number of nitrogens with two attached hydrogens (primary N) is 1. The lowest BCUT2D eigenvalue weighted by molar-refractivity contribution is 0.317. The number of benzene rings is 1. The van der Waals surface area contributed by atoms with Crippen LogP contribution in [0.1, 0.15) is 13.3 Å². The van der Waals surface area contributed by atoms with E-state index in [-0.39, 0.29) is 0 Å². The first-order valence-electron chi connectivity index (χ1n) is 4.54. The van der Waals surface area contributed by atoms with Crippen LogP contribution in [-0.4, -0.2) is 15.0 Å². The molecule has 0 saturated heterocycles. The Morgan fingerprint density at radius 2 is 1.93 bits per heavy atom. The zero-order valence-electron chi connectivity index (χ0n) is 8.43. The third-order valence-corrected chi connectivity index (χ3v) is 2.11. The van der Waals surface area contributed by atoms with Crippen molar-refractivity contribution in [2.24, 2.45) is 5.14 Å². The Kier molecular flexibility index (Phi) is 3.93. The van der Waals surface area contributed by atoms with E-state index in [0.29, 0.717) is 18.0 Å². The van der Waals surface area contributed by atoms with E-state index in [9.17, 15) is 8.42 Å². The third-order valence-electron chi connectivity index (χ3n) is 1.59. The molecule has 0 aliphatic rings. The maximum Gasteiger partial charge on any atom is 0.296 e. The molecule has 5 nitrogen and oxygen atoms in total. The van der Waals surface area contributed by atoms with E-state index in [2.05, 4.69) is 4.72 Å². The fraction of sp³-hybridized carbons (Fsp3) is 0.333. The Labute approximate surface area is 89.4 Å². The van der Waals surface area contributed by atoms with Gasteiger partial charge in [-0.1, -0.05) is 6.92 Å². The van der Waals surface area contributed by atoms with E-state index in [0.717, 1.165) is 6.42 Å². The molecule has 1 aromatic carbocycles.